The SMILES string of the molecule is O=C(COC(=O)CNC(=O)c1ccc(Cl)c([N+](=O)[O-])c1)Nc1cc(Cl)ccc1Cl. The van der Waals surface area contributed by atoms with Crippen LogP contribution in [0.2, 0.25) is 15.1 Å². The first kappa shape index (κ1) is 22.4. The van der Waals surface area contributed by atoms with E-state index in [1.165, 1.54) is 30.3 Å². The van der Waals surface area contributed by atoms with Gasteiger partial charge in [0.05, 0.1) is 15.6 Å². The number of ether oxygens (including phenoxy) is 1. The fourth-order valence-corrected chi connectivity index (χ4v) is 2.55. The summed E-state index contributed by atoms with van der Waals surface area (Å²) in [6.07, 6.45) is 0. The van der Waals surface area contributed by atoms with Crippen LogP contribution in [0.15, 0.2) is 36.4 Å². The molecule has 0 aliphatic heterocycles. The van der Waals surface area contributed by atoms with Crippen LogP contribution in [-0.4, -0.2) is 35.9 Å². The Morgan fingerprint density at radius 1 is 1.03 bits per heavy atom. The Balaban J connectivity index is 1.83. The van der Waals surface area contributed by atoms with Crippen LogP contribution in [0.25, 0.3) is 0 Å². The summed E-state index contributed by atoms with van der Waals surface area (Å²) in [7, 11) is 0. The third-order valence-corrected chi connectivity index (χ3v) is 4.25. The molecular weight excluding hydrogens is 449 g/mol. The minimum Gasteiger partial charge on any atom is -0.454 e. The first-order valence-corrected chi connectivity index (χ1v) is 8.93. The molecule has 9 nitrogen and oxygen atoms in total. The molecule has 12 heteroatoms. The summed E-state index contributed by atoms with van der Waals surface area (Å²) >= 11 is 17.4. The fourth-order valence-electron chi connectivity index (χ4n) is 2.02. The van der Waals surface area contributed by atoms with E-state index in [-0.39, 0.29) is 21.3 Å². The van der Waals surface area contributed by atoms with Crippen molar-refractivity contribution in [3.63, 3.8) is 0 Å². The number of carbonyl (C=O) groups excluding carboxylic acids is 3. The van der Waals surface area contributed by atoms with Crippen LogP contribution in [-0.2, 0) is 14.3 Å². The second-order valence-corrected chi connectivity index (χ2v) is 6.69. The van der Waals surface area contributed by atoms with E-state index in [2.05, 4.69) is 10.6 Å². The summed E-state index contributed by atoms with van der Waals surface area (Å²) in [5.41, 5.74) is -0.265. The number of nitrogens with one attached hydrogen (secondary N) is 2. The average molecular weight is 461 g/mol. The van der Waals surface area contributed by atoms with E-state index < -0.39 is 41.5 Å². The maximum Gasteiger partial charge on any atom is 0.325 e. The number of carbonyl (C=O) groups is 3. The highest BCUT2D eigenvalue weighted by Gasteiger charge is 2.17. The van der Waals surface area contributed by atoms with Crippen LogP contribution >= 0.6 is 34.8 Å². The van der Waals surface area contributed by atoms with Gasteiger partial charge in [0, 0.05) is 16.7 Å². The molecule has 29 heavy (non-hydrogen) atoms. The highest BCUT2D eigenvalue weighted by Crippen LogP contribution is 2.26. The second kappa shape index (κ2) is 10.1. The lowest BCUT2D eigenvalue weighted by molar-refractivity contribution is -0.384. The van der Waals surface area contributed by atoms with Crippen LogP contribution in [0.3, 0.4) is 0 Å². The van der Waals surface area contributed by atoms with Gasteiger partial charge in [-0.15, -0.1) is 0 Å². The molecule has 2 aromatic rings. The Kier molecular flexibility index (Phi) is 7.77. The quantitative estimate of drug-likeness (QED) is 0.370. The van der Waals surface area contributed by atoms with Crippen molar-refractivity contribution in [2.75, 3.05) is 18.5 Å². The Bertz CT molecular complexity index is 983. The van der Waals surface area contributed by atoms with Crippen molar-refractivity contribution in [2.24, 2.45) is 0 Å². The number of esters is 1. The lowest BCUT2D eigenvalue weighted by atomic mass is 10.2. The Labute approximate surface area is 179 Å². The summed E-state index contributed by atoms with van der Waals surface area (Å²) in [4.78, 5) is 45.6. The smallest absolute Gasteiger partial charge is 0.325 e. The number of rotatable bonds is 7. The van der Waals surface area contributed by atoms with E-state index in [1.807, 2.05) is 0 Å². The molecule has 0 atom stereocenters. The number of nitro groups is 1. The van der Waals surface area contributed by atoms with Gasteiger partial charge in [0.2, 0.25) is 0 Å². The molecule has 0 unspecified atom stereocenters. The van der Waals surface area contributed by atoms with Gasteiger partial charge in [0.15, 0.2) is 6.61 Å². The van der Waals surface area contributed by atoms with E-state index in [4.69, 9.17) is 39.5 Å². The summed E-state index contributed by atoms with van der Waals surface area (Å²) < 4.78 is 4.74. The monoisotopic (exact) mass is 459 g/mol. The van der Waals surface area contributed by atoms with Gasteiger partial charge in [-0.05, 0) is 30.3 Å². The van der Waals surface area contributed by atoms with E-state index in [0.29, 0.717) is 5.02 Å². The van der Waals surface area contributed by atoms with Crippen molar-refractivity contribution in [2.45, 2.75) is 0 Å². The molecule has 2 amide bonds. The van der Waals surface area contributed by atoms with Gasteiger partial charge >= 0.3 is 5.97 Å². The standard InChI is InChI=1S/C17H12Cl3N3O6/c18-10-2-4-11(19)13(6-10)22-15(24)8-29-16(25)7-21-17(26)9-1-3-12(20)14(5-9)23(27)28/h1-6H,7-8H2,(H,21,26)(H,22,24). The van der Waals surface area contributed by atoms with E-state index >= 15 is 0 Å². The zero-order valence-electron chi connectivity index (χ0n) is 14.4. The maximum absolute atomic E-state index is 12.0. The molecule has 0 aliphatic rings. The second-order valence-electron chi connectivity index (χ2n) is 5.44. The number of nitrogens with zero attached hydrogens (tertiary/aromatic N) is 1. The normalized spacial score (nSPS) is 10.2. The highest BCUT2D eigenvalue weighted by molar-refractivity contribution is 6.35. The van der Waals surface area contributed by atoms with Crippen LogP contribution < -0.4 is 10.6 Å². The fraction of sp³-hybridized carbons (Fsp3) is 0.118. The first-order valence-electron chi connectivity index (χ1n) is 7.80. The molecule has 2 rings (SSSR count). The molecule has 0 saturated heterocycles. The number of hydrogen-bond donors (Lipinski definition) is 2. The molecule has 0 aliphatic carbocycles. The number of nitro benzene ring substituents is 1. The zero-order chi connectivity index (χ0) is 21.6. The molecule has 0 aromatic heterocycles. The predicted molar refractivity (Wildman–Crippen MR) is 106 cm³/mol. The topological polar surface area (TPSA) is 128 Å². The molecule has 0 bridgehead atoms. The van der Waals surface area contributed by atoms with Gasteiger partial charge in [0.25, 0.3) is 17.5 Å². The van der Waals surface area contributed by atoms with Crippen molar-refractivity contribution in [1.29, 1.82) is 0 Å². The van der Waals surface area contributed by atoms with Crippen molar-refractivity contribution in [3.8, 4) is 0 Å². The summed E-state index contributed by atoms with van der Waals surface area (Å²) in [6.45, 7) is -1.18. The highest BCUT2D eigenvalue weighted by atomic mass is 35.5. The molecule has 2 aromatic carbocycles. The summed E-state index contributed by atoms with van der Waals surface area (Å²) in [6, 6.07) is 7.89. The Morgan fingerprint density at radius 3 is 2.41 bits per heavy atom. The van der Waals surface area contributed by atoms with Gasteiger partial charge in [-0.1, -0.05) is 34.8 Å². The maximum atomic E-state index is 12.0. The molecule has 2 N–H and O–H groups in total. The van der Waals surface area contributed by atoms with Crippen LogP contribution in [0.1, 0.15) is 10.4 Å². The summed E-state index contributed by atoms with van der Waals surface area (Å²) in [5.74, 6) is -2.31. The van der Waals surface area contributed by atoms with Crippen molar-refractivity contribution < 1.29 is 24.0 Å². The number of anilines is 1. The Hall–Kier alpha value is -2.88. The predicted octanol–water partition coefficient (Wildman–Crippen LogP) is 3.47. The van der Waals surface area contributed by atoms with Gasteiger partial charge in [-0.2, -0.15) is 0 Å². The van der Waals surface area contributed by atoms with Gasteiger partial charge in [-0.25, -0.2) is 0 Å². The van der Waals surface area contributed by atoms with Gasteiger partial charge < -0.3 is 15.4 Å². The number of halogens is 3. The van der Waals surface area contributed by atoms with Gasteiger partial charge in [-0.3, -0.25) is 24.5 Å². The number of amides is 2. The lowest BCUT2D eigenvalue weighted by Crippen LogP contribution is -2.32. The first-order chi connectivity index (χ1) is 13.7. The number of hydrogen-bond acceptors (Lipinski definition) is 6. The lowest BCUT2D eigenvalue weighted by Gasteiger charge is -2.09. The van der Waals surface area contributed by atoms with E-state index in [1.54, 1.807) is 0 Å². The Morgan fingerprint density at radius 2 is 1.72 bits per heavy atom. The van der Waals surface area contributed by atoms with Crippen LogP contribution in [0.4, 0.5) is 11.4 Å². The largest absolute Gasteiger partial charge is 0.454 e. The van der Waals surface area contributed by atoms with Crippen LogP contribution in [0.5, 0.6) is 0 Å². The minimum absolute atomic E-state index is 0.0674. The van der Waals surface area contributed by atoms with Gasteiger partial charge in [0.1, 0.15) is 11.6 Å². The van der Waals surface area contributed by atoms with E-state index in [0.717, 1.165) is 6.07 Å². The number of benzene rings is 2. The molecule has 0 spiro atoms. The average Bonchev–Trinajstić information content (AvgIpc) is 2.67. The van der Waals surface area contributed by atoms with Crippen molar-refractivity contribution in [3.05, 3.63) is 67.1 Å². The molecule has 0 fully saturated rings. The molecule has 0 saturated carbocycles. The van der Waals surface area contributed by atoms with Crippen molar-refractivity contribution >= 4 is 64.0 Å². The van der Waals surface area contributed by atoms with Crippen molar-refractivity contribution in [1.82, 2.24) is 5.32 Å². The minimum atomic E-state index is -0.894. The summed E-state index contributed by atoms with van der Waals surface area (Å²) in [5, 5.41) is 16.0. The molecule has 0 heterocycles. The van der Waals surface area contributed by atoms with E-state index in [9.17, 15) is 24.5 Å². The molecular formula is C17H12Cl3N3O6. The zero-order valence-corrected chi connectivity index (χ0v) is 16.7. The molecule has 152 valence electrons. The third-order valence-electron chi connectivity index (χ3n) is 3.37. The third kappa shape index (κ3) is 6.60. The molecule has 0 radical (unpaired) electrons. The van der Waals surface area contributed by atoms with Crippen LogP contribution in [0, 0.1) is 10.1 Å².